The van der Waals surface area contributed by atoms with Crippen molar-refractivity contribution in [2.45, 2.75) is 0 Å². The summed E-state index contributed by atoms with van der Waals surface area (Å²) in [6.45, 7) is 2.88. The van der Waals surface area contributed by atoms with Crippen LogP contribution in [0, 0.1) is 0 Å². The van der Waals surface area contributed by atoms with Crippen LogP contribution in [0.25, 0.3) is 0 Å². The van der Waals surface area contributed by atoms with Crippen molar-refractivity contribution in [2.75, 3.05) is 38.2 Å². The van der Waals surface area contributed by atoms with Crippen molar-refractivity contribution in [2.24, 2.45) is 0 Å². The maximum absolute atomic E-state index is 13.2. The van der Waals surface area contributed by atoms with Crippen LogP contribution in [0.1, 0.15) is 10.4 Å². The monoisotopic (exact) mass is 388 g/mol. The largest absolute Gasteiger partial charge is 0.497 e. The molecule has 0 atom stereocenters. The summed E-state index contributed by atoms with van der Waals surface area (Å²) in [5.41, 5.74) is 1.70. The summed E-state index contributed by atoms with van der Waals surface area (Å²) in [7, 11) is 1.67. The molecule has 29 heavy (non-hydrogen) atoms. The zero-order chi connectivity index (χ0) is 20.1. The first-order chi connectivity index (χ1) is 14.2. The Kier molecular flexibility index (Phi) is 5.66. The predicted molar refractivity (Wildman–Crippen MR) is 114 cm³/mol. The van der Waals surface area contributed by atoms with Crippen molar-refractivity contribution in [1.29, 1.82) is 0 Å². The number of para-hydroxylation sites is 2. The van der Waals surface area contributed by atoms with Crippen molar-refractivity contribution in [1.82, 2.24) is 4.90 Å². The van der Waals surface area contributed by atoms with E-state index >= 15 is 0 Å². The molecule has 3 aromatic carbocycles. The molecular formula is C24H24N2O3. The number of carbonyl (C=O) groups is 1. The van der Waals surface area contributed by atoms with Gasteiger partial charge in [-0.2, -0.15) is 0 Å². The number of methoxy groups -OCH3 is 1. The molecule has 1 aliphatic rings. The molecule has 0 radical (unpaired) electrons. The van der Waals surface area contributed by atoms with Crippen molar-refractivity contribution in [3.05, 3.63) is 84.4 Å². The van der Waals surface area contributed by atoms with Gasteiger partial charge in [-0.3, -0.25) is 4.79 Å². The number of hydrogen-bond acceptors (Lipinski definition) is 4. The van der Waals surface area contributed by atoms with Gasteiger partial charge in [-0.1, -0.05) is 36.4 Å². The maximum Gasteiger partial charge on any atom is 0.257 e. The number of nitrogens with zero attached hydrogens (tertiary/aromatic N) is 2. The molecule has 3 aromatic rings. The summed E-state index contributed by atoms with van der Waals surface area (Å²) in [6, 6.07) is 25.0. The molecule has 0 aliphatic carbocycles. The second-order valence-corrected chi connectivity index (χ2v) is 6.89. The van der Waals surface area contributed by atoms with Gasteiger partial charge in [0.25, 0.3) is 5.91 Å². The van der Waals surface area contributed by atoms with Gasteiger partial charge in [-0.25, -0.2) is 0 Å². The first-order valence-electron chi connectivity index (χ1n) is 9.75. The molecule has 0 unspecified atom stereocenters. The quantitative estimate of drug-likeness (QED) is 0.648. The molecule has 4 rings (SSSR count). The van der Waals surface area contributed by atoms with Crippen molar-refractivity contribution in [3.63, 3.8) is 0 Å². The molecule has 1 fully saturated rings. The highest BCUT2D eigenvalue weighted by Crippen LogP contribution is 2.27. The van der Waals surface area contributed by atoms with Gasteiger partial charge in [0.1, 0.15) is 17.2 Å². The number of anilines is 1. The number of ether oxygens (including phenoxy) is 2. The van der Waals surface area contributed by atoms with Crippen molar-refractivity contribution >= 4 is 11.6 Å². The fraction of sp³-hybridized carbons (Fsp3) is 0.208. The fourth-order valence-corrected chi connectivity index (χ4v) is 3.49. The van der Waals surface area contributed by atoms with Gasteiger partial charge < -0.3 is 19.3 Å². The summed E-state index contributed by atoms with van der Waals surface area (Å²) < 4.78 is 11.3. The van der Waals surface area contributed by atoms with E-state index in [2.05, 4.69) is 11.0 Å². The van der Waals surface area contributed by atoms with Crippen LogP contribution in [0.2, 0.25) is 0 Å². The minimum Gasteiger partial charge on any atom is -0.497 e. The highest BCUT2D eigenvalue weighted by Gasteiger charge is 2.24. The topological polar surface area (TPSA) is 42.0 Å². The summed E-state index contributed by atoms with van der Waals surface area (Å²) in [4.78, 5) is 17.3. The van der Waals surface area contributed by atoms with Crippen molar-refractivity contribution < 1.29 is 14.3 Å². The zero-order valence-corrected chi connectivity index (χ0v) is 16.5. The molecular weight excluding hydrogens is 364 g/mol. The molecule has 0 bridgehead atoms. The molecule has 5 nitrogen and oxygen atoms in total. The van der Waals surface area contributed by atoms with Gasteiger partial charge in [0.15, 0.2) is 0 Å². The number of hydrogen-bond donors (Lipinski definition) is 0. The average Bonchev–Trinajstić information content (AvgIpc) is 2.80. The summed E-state index contributed by atoms with van der Waals surface area (Å²) in [6.07, 6.45) is 0. The highest BCUT2D eigenvalue weighted by atomic mass is 16.5. The van der Waals surface area contributed by atoms with E-state index in [0.717, 1.165) is 30.3 Å². The molecule has 5 heteroatoms. The lowest BCUT2D eigenvalue weighted by atomic mass is 10.1. The van der Waals surface area contributed by atoms with Crippen LogP contribution < -0.4 is 14.4 Å². The number of piperazine rings is 1. The number of amides is 1. The first-order valence-corrected chi connectivity index (χ1v) is 9.75. The zero-order valence-electron chi connectivity index (χ0n) is 16.5. The Morgan fingerprint density at radius 1 is 0.793 bits per heavy atom. The Morgan fingerprint density at radius 2 is 1.48 bits per heavy atom. The smallest absolute Gasteiger partial charge is 0.257 e. The van der Waals surface area contributed by atoms with Crippen LogP contribution in [-0.2, 0) is 0 Å². The van der Waals surface area contributed by atoms with E-state index in [9.17, 15) is 4.79 Å². The molecule has 1 aliphatic heterocycles. The minimum atomic E-state index is 0.00169. The predicted octanol–water partition coefficient (Wildman–Crippen LogP) is 4.45. The van der Waals surface area contributed by atoms with Crippen LogP contribution in [-0.4, -0.2) is 44.1 Å². The first kappa shape index (κ1) is 18.9. The van der Waals surface area contributed by atoms with Gasteiger partial charge in [0, 0.05) is 37.9 Å². The standard InChI is InChI=1S/C24H24N2O3/c1-28-21-11-7-8-19(18-21)25-14-16-26(17-15-25)24(27)22-12-5-6-13-23(22)29-20-9-3-2-4-10-20/h2-13,18H,14-17H2,1H3. The average molecular weight is 388 g/mol. The maximum atomic E-state index is 13.2. The van der Waals surface area contributed by atoms with Gasteiger partial charge in [0.05, 0.1) is 12.7 Å². The van der Waals surface area contributed by atoms with E-state index in [-0.39, 0.29) is 5.91 Å². The molecule has 0 aromatic heterocycles. The van der Waals surface area contributed by atoms with Crippen LogP contribution in [0.3, 0.4) is 0 Å². The highest BCUT2D eigenvalue weighted by molar-refractivity contribution is 5.97. The van der Waals surface area contributed by atoms with Gasteiger partial charge >= 0.3 is 0 Å². The minimum absolute atomic E-state index is 0.00169. The summed E-state index contributed by atoms with van der Waals surface area (Å²) in [5.74, 6) is 2.14. The van der Waals surface area contributed by atoms with E-state index < -0.39 is 0 Å². The fourth-order valence-electron chi connectivity index (χ4n) is 3.49. The van der Waals surface area contributed by atoms with Crippen LogP contribution in [0.5, 0.6) is 17.2 Å². The lowest BCUT2D eigenvalue weighted by molar-refractivity contribution is 0.0744. The van der Waals surface area contributed by atoms with E-state index in [4.69, 9.17) is 9.47 Å². The lowest BCUT2D eigenvalue weighted by Gasteiger charge is -2.36. The third-order valence-corrected chi connectivity index (χ3v) is 5.07. The van der Waals surface area contributed by atoms with E-state index in [1.807, 2.05) is 77.7 Å². The molecule has 0 N–H and O–H groups in total. The second-order valence-electron chi connectivity index (χ2n) is 6.89. The summed E-state index contributed by atoms with van der Waals surface area (Å²) in [5, 5.41) is 0. The Hall–Kier alpha value is -3.47. The van der Waals surface area contributed by atoms with E-state index in [0.29, 0.717) is 24.4 Å². The molecule has 148 valence electrons. The molecule has 1 saturated heterocycles. The Labute approximate surface area is 171 Å². The Balaban J connectivity index is 1.45. The number of rotatable bonds is 5. The molecule has 1 amide bonds. The third-order valence-electron chi connectivity index (χ3n) is 5.07. The van der Waals surface area contributed by atoms with Crippen LogP contribution in [0.15, 0.2) is 78.9 Å². The van der Waals surface area contributed by atoms with Crippen LogP contribution in [0.4, 0.5) is 5.69 Å². The molecule has 0 saturated carbocycles. The summed E-state index contributed by atoms with van der Waals surface area (Å²) >= 11 is 0. The number of carbonyl (C=O) groups excluding carboxylic acids is 1. The number of benzene rings is 3. The third kappa shape index (κ3) is 4.35. The van der Waals surface area contributed by atoms with E-state index in [1.165, 1.54) is 0 Å². The van der Waals surface area contributed by atoms with Gasteiger partial charge in [0.2, 0.25) is 0 Å². The Bertz CT molecular complexity index is 967. The van der Waals surface area contributed by atoms with Gasteiger partial charge in [-0.05, 0) is 36.4 Å². The molecule has 0 spiro atoms. The second kappa shape index (κ2) is 8.69. The Morgan fingerprint density at radius 3 is 2.24 bits per heavy atom. The van der Waals surface area contributed by atoms with Crippen LogP contribution >= 0.6 is 0 Å². The van der Waals surface area contributed by atoms with E-state index in [1.54, 1.807) is 7.11 Å². The van der Waals surface area contributed by atoms with Gasteiger partial charge in [-0.15, -0.1) is 0 Å². The molecule has 1 heterocycles. The lowest BCUT2D eigenvalue weighted by Crippen LogP contribution is -2.48. The normalized spacial score (nSPS) is 13.8. The van der Waals surface area contributed by atoms with Crippen molar-refractivity contribution in [3.8, 4) is 17.2 Å². The SMILES string of the molecule is COc1cccc(N2CCN(C(=O)c3ccccc3Oc3ccccc3)CC2)c1.